The molecule has 0 bridgehead atoms. The van der Waals surface area contributed by atoms with Gasteiger partial charge in [-0.25, -0.2) is 0 Å². The molecule has 5 heteroatoms. The van der Waals surface area contributed by atoms with Crippen molar-refractivity contribution >= 4 is 11.6 Å². The summed E-state index contributed by atoms with van der Waals surface area (Å²) in [5, 5.41) is 2.77. The zero-order valence-corrected chi connectivity index (χ0v) is 10.3. The molecule has 0 saturated heterocycles. The molecule has 1 atom stereocenters. The molecule has 1 amide bonds. The van der Waals surface area contributed by atoms with Gasteiger partial charge in [0, 0.05) is 19.9 Å². The zero-order chi connectivity index (χ0) is 12.7. The number of amides is 1. The maximum Gasteiger partial charge on any atom is 0.241 e. The summed E-state index contributed by atoms with van der Waals surface area (Å²) in [4.78, 5) is 15.7. The van der Waals surface area contributed by atoms with Crippen LogP contribution in [0.5, 0.6) is 0 Å². The van der Waals surface area contributed by atoms with Gasteiger partial charge < -0.3 is 15.8 Å². The van der Waals surface area contributed by atoms with Crippen LogP contribution in [0.4, 0.5) is 5.69 Å². The standard InChI is InChI=1S/C12H19N3O2/c1-9-5-6-14-8-11(9)15-12(16)10(13)4-3-7-17-2/h5-6,8,10H,3-4,7,13H2,1-2H3,(H,15,16). The number of nitrogens with zero attached hydrogens (tertiary/aromatic N) is 1. The molecule has 0 aliphatic heterocycles. The van der Waals surface area contributed by atoms with Crippen molar-refractivity contribution in [1.82, 2.24) is 4.98 Å². The first-order valence-corrected chi connectivity index (χ1v) is 5.61. The van der Waals surface area contributed by atoms with Crippen LogP contribution < -0.4 is 11.1 Å². The minimum absolute atomic E-state index is 0.183. The van der Waals surface area contributed by atoms with Crippen LogP contribution in [0.2, 0.25) is 0 Å². The van der Waals surface area contributed by atoms with E-state index < -0.39 is 6.04 Å². The number of hydrogen-bond acceptors (Lipinski definition) is 4. The third-order valence-electron chi connectivity index (χ3n) is 2.50. The lowest BCUT2D eigenvalue weighted by atomic mass is 10.1. The minimum Gasteiger partial charge on any atom is -0.385 e. The van der Waals surface area contributed by atoms with Crippen molar-refractivity contribution in [3.8, 4) is 0 Å². The summed E-state index contributed by atoms with van der Waals surface area (Å²) in [6, 6.07) is 1.33. The Balaban J connectivity index is 2.46. The summed E-state index contributed by atoms with van der Waals surface area (Å²) in [5.41, 5.74) is 7.45. The lowest BCUT2D eigenvalue weighted by Crippen LogP contribution is -2.35. The second kappa shape index (κ2) is 6.98. The number of carbonyl (C=O) groups is 1. The topological polar surface area (TPSA) is 77.2 Å². The molecule has 1 rings (SSSR count). The highest BCUT2D eigenvalue weighted by Crippen LogP contribution is 2.11. The van der Waals surface area contributed by atoms with Gasteiger partial charge in [0.05, 0.1) is 17.9 Å². The Hall–Kier alpha value is -1.46. The summed E-state index contributed by atoms with van der Waals surface area (Å²) >= 11 is 0. The predicted octanol–water partition coefficient (Wildman–Crippen LogP) is 1.08. The Labute approximate surface area is 101 Å². The summed E-state index contributed by atoms with van der Waals surface area (Å²) in [5.74, 6) is -0.183. The van der Waals surface area contributed by atoms with Crippen molar-refractivity contribution in [2.45, 2.75) is 25.8 Å². The summed E-state index contributed by atoms with van der Waals surface area (Å²) in [6.07, 6.45) is 4.69. The third-order valence-corrected chi connectivity index (χ3v) is 2.50. The molecular weight excluding hydrogens is 218 g/mol. The number of ether oxygens (including phenoxy) is 1. The Morgan fingerprint density at radius 3 is 3.06 bits per heavy atom. The van der Waals surface area contributed by atoms with E-state index >= 15 is 0 Å². The van der Waals surface area contributed by atoms with E-state index in [9.17, 15) is 4.79 Å². The van der Waals surface area contributed by atoms with Gasteiger partial charge in [-0.2, -0.15) is 0 Å². The average Bonchev–Trinajstić information content (AvgIpc) is 2.32. The van der Waals surface area contributed by atoms with Crippen molar-refractivity contribution in [1.29, 1.82) is 0 Å². The van der Waals surface area contributed by atoms with Crippen LogP contribution in [0.3, 0.4) is 0 Å². The molecule has 94 valence electrons. The number of aromatic nitrogens is 1. The Kier molecular flexibility index (Phi) is 5.59. The van der Waals surface area contributed by atoms with Crippen molar-refractivity contribution in [3.63, 3.8) is 0 Å². The van der Waals surface area contributed by atoms with E-state index in [0.29, 0.717) is 18.7 Å². The molecule has 1 aromatic rings. The summed E-state index contributed by atoms with van der Waals surface area (Å²) < 4.78 is 4.91. The average molecular weight is 237 g/mol. The van der Waals surface area contributed by atoms with Gasteiger partial charge in [-0.3, -0.25) is 9.78 Å². The molecule has 0 aromatic carbocycles. The van der Waals surface area contributed by atoms with Gasteiger partial charge in [-0.1, -0.05) is 0 Å². The number of hydrogen-bond donors (Lipinski definition) is 2. The first kappa shape index (κ1) is 13.6. The molecule has 0 radical (unpaired) electrons. The fraction of sp³-hybridized carbons (Fsp3) is 0.500. The molecule has 0 spiro atoms. The summed E-state index contributed by atoms with van der Waals surface area (Å²) in [6.45, 7) is 2.53. The zero-order valence-electron chi connectivity index (χ0n) is 10.3. The van der Waals surface area contributed by atoms with Crippen LogP contribution in [-0.4, -0.2) is 30.6 Å². The fourth-order valence-electron chi connectivity index (χ4n) is 1.40. The minimum atomic E-state index is -0.509. The molecule has 1 heterocycles. The quantitative estimate of drug-likeness (QED) is 0.726. The molecule has 17 heavy (non-hydrogen) atoms. The molecule has 0 aliphatic rings. The van der Waals surface area contributed by atoms with E-state index in [1.54, 1.807) is 19.5 Å². The van der Waals surface area contributed by atoms with Gasteiger partial charge in [0.15, 0.2) is 0 Å². The number of nitrogens with one attached hydrogen (secondary N) is 1. The molecule has 5 nitrogen and oxygen atoms in total. The highest BCUT2D eigenvalue weighted by atomic mass is 16.5. The lowest BCUT2D eigenvalue weighted by Gasteiger charge is -2.13. The van der Waals surface area contributed by atoms with E-state index in [1.165, 1.54) is 0 Å². The van der Waals surface area contributed by atoms with Crippen molar-refractivity contribution < 1.29 is 9.53 Å². The number of carbonyl (C=O) groups excluding carboxylic acids is 1. The van der Waals surface area contributed by atoms with Gasteiger partial charge in [-0.05, 0) is 31.4 Å². The van der Waals surface area contributed by atoms with E-state index in [4.69, 9.17) is 10.5 Å². The number of pyridine rings is 1. The first-order valence-electron chi connectivity index (χ1n) is 5.61. The maximum absolute atomic E-state index is 11.8. The predicted molar refractivity (Wildman–Crippen MR) is 66.7 cm³/mol. The monoisotopic (exact) mass is 237 g/mol. The molecule has 1 unspecified atom stereocenters. The number of anilines is 1. The number of aryl methyl sites for hydroxylation is 1. The van der Waals surface area contributed by atoms with Crippen LogP contribution >= 0.6 is 0 Å². The molecule has 0 aliphatic carbocycles. The van der Waals surface area contributed by atoms with Gasteiger partial charge in [0.2, 0.25) is 5.91 Å². The summed E-state index contributed by atoms with van der Waals surface area (Å²) in [7, 11) is 1.63. The molecule has 1 aromatic heterocycles. The maximum atomic E-state index is 11.8. The Morgan fingerprint density at radius 2 is 2.41 bits per heavy atom. The lowest BCUT2D eigenvalue weighted by molar-refractivity contribution is -0.117. The van der Waals surface area contributed by atoms with Crippen LogP contribution in [0.15, 0.2) is 18.5 Å². The second-order valence-electron chi connectivity index (χ2n) is 3.92. The fourth-order valence-corrected chi connectivity index (χ4v) is 1.40. The second-order valence-corrected chi connectivity index (χ2v) is 3.92. The molecular formula is C12H19N3O2. The highest BCUT2D eigenvalue weighted by Gasteiger charge is 2.13. The van der Waals surface area contributed by atoms with Gasteiger partial charge in [0.25, 0.3) is 0 Å². The van der Waals surface area contributed by atoms with Gasteiger partial charge in [0.1, 0.15) is 0 Å². The van der Waals surface area contributed by atoms with Crippen LogP contribution in [0, 0.1) is 6.92 Å². The number of rotatable bonds is 6. The Bertz CT molecular complexity index is 369. The largest absolute Gasteiger partial charge is 0.385 e. The molecule has 0 fully saturated rings. The van der Waals surface area contributed by atoms with Crippen molar-refractivity contribution in [2.75, 3.05) is 19.0 Å². The first-order chi connectivity index (χ1) is 8.15. The SMILES string of the molecule is COCCCC(N)C(=O)Nc1cnccc1C. The van der Waals surface area contributed by atoms with Crippen molar-refractivity contribution in [2.24, 2.45) is 5.73 Å². The third kappa shape index (κ3) is 4.50. The smallest absolute Gasteiger partial charge is 0.241 e. The molecule has 3 N–H and O–H groups in total. The van der Waals surface area contributed by atoms with Crippen LogP contribution in [-0.2, 0) is 9.53 Å². The Morgan fingerprint density at radius 1 is 1.65 bits per heavy atom. The van der Waals surface area contributed by atoms with Crippen LogP contribution in [0.25, 0.3) is 0 Å². The van der Waals surface area contributed by atoms with E-state index in [-0.39, 0.29) is 5.91 Å². The van der Waals surface area contributed by atoms with E-state index in [2.05, 4.69) is 10.3 Å². The normalized spacial score (nSPS) is 12.2. The number of nitrogens with two attached hydrogens (primary N) is 1. The highest BCUT2D eigenvalue weighted by molar-refractivity contribution is 5.95. The van der Waals surface area contributed by atoms with Gasteiger partial charge in [-0.15, -0.1) is 0 Å². The van der Waals surface area contributed by atoms with E-state index in [1.807, 2.05) is 13.0 Å². The van der Waals surface area contributed by atoms with E-state index in [0.717, 1.165) is 12.0 Å². The molecule has 0 saturated carbocycles. The van der Waals surface area contributed by atoms with Gasteiger partial charge >= 0.3 is 0 Å². The number of methoxy groups -OCH3 is 1. The van der Waals surface area contributed by atoms with Crippen molar-refractivity contribution in [3.05, 3.63) is 24.0 Å². The van der Waals surface area contributed by atoms with Crippen LogP contribution in [0.1, 0.15) is 18.4 Å².